The summed E-state index contributed by atoms with van der Waals surface area (Å²) in [6, 6.07) is 4.53. The molecular formula is C19H32ClN3O4S. The highest BCUT2D eigenvalue weighted by atomic mass is 35.5. The van der Waals surface area contributed by atoms with E-state index in [-0.39, 0.29) is 23.2 Å². The molecule has 160 valence electrons. The number of sulfonamides is 1. The summed E-state index contributed by atoms with van der Waals surface area (Å²) in [5.74, 6) is 0.625. The summed E-state index contributed by atoms with van der Waals surface area (Å²) in [6.07, 6.45) is 2.02. The van der Waals surface area contributed by atoms with Gasteiger partial charge < -0.3 is 15.0 Å². The van der Waals surface area contributed by atoms with Crippen molar-refractivity contribution in [3.8, 4) is 5.75 Å². The summed E-state index contributed by atoms with van der Waals surface area (Å²) in [7, 11) is -0.236. The molecule has 28 heavy (non-hydrogen) atoms. The van der Waals surface area contributed by atoms with E-state index in [2.05, 4.69) is 5.32 Å². The van der Waals surface area contributed by atoms with Crippen molar-refractivity contribution in [3.63, 3.8) is 0 Å². The number of piperidine rings is 1. The van der Waals surface area contributed by atoms with Crippen LogP contribution in [0.3, 0.4) is 0 Å². The van der Waals surface area contributed by atoms with Gasteiger partial charge in [-0.25, -0.2) is 8.42 Å². The first kappa shape index (κ1) is 24.7. The third-order valence-corrected chi connectivity index (χ3v) is 7.09. The lowest BCUT2D eigenvalue weighted by molar-refractivity contribution is 0.0670. The Balaban J connectivity index is 0.00000392. The predicted molar refractivity (Wildman–Crippen MR) is 113 cm³/mol. The molecule has 1 fully saturated rings. The average molecular weight is 434 g/mol. The molecule has 1 heterocycles. The van der Waals surface area contributed by atoms with Gasteiger partial charge in [0, 0.05) is 26.2 Å². The van der Waals surface area contributed by atoms with E-state index >= 15 is 0 Å². The molecule has 1 atom stereocenters. The third-order valence-electron chi connectivity index (χ3n) is 5.04. The van der Waals surface area contributed by atoms with Crippen molar-refractivity contribution in [2.75, 3.05) is 46.9 Å². The number of methoxy groups -OCH3 is 1. The molecular weight excluding hydrogens is 402 g/mol. The fraction of sp³-hybridized carbons (Fsp3) is 0.632. The molecule has 0 saturated carbocycles. The normalized spacial score (nSPS) is 17.3. The maximum absolute atomic E-state index is 13.1. The van der Waals surface area contributed by atoms with Crippen LogP contribution in [0.2, 0.25) is 0 Å². The monoisotopic (exact) mass is 433 g/mol. The number of ether oxygens (including phenoxy) is 1. The fourth-order valence-corrected chi connectivity index (χ4v) is 5.09. The van der Waals surface area contributed by atoms with E-state index in [4.69, 9.17) is 4.74 Å². The van der Waals surface area contributed by atoms with Crippen molar-refractivity contribution in [1.82, 2.24) is 14.5 Å². The molecule has 1 amide bonds. The van der Waals surface area contributed by atoms with E-state index in [1.807, 2.05) is 7.05 Å². The van der Waals surface area contributed by atoms with Crippen LogP contribution in [0.15, 0.2) is 23.1 Å². The summed E-state index contributed by atoms with van der Waals surface area (Å²) in [5, 5.41) is 3.17. The molecule has 1 N–H and O–H groups in total. The topological polar surface area (TPSA) is 79.0 Å². The number of halogens is 1. The van der Waals surface area contributed by atoms with Crippen molar-refractivity contribution in [1.29, 1.82) is 0 Å². The molecule has 2 rings (SSSR count). The standard InChI is InChI=1S/C19H31N3O4S.ClH/c1-5-22(6-2)27(24,25)16-9-10-18(26-4)17(12-16)19(23)21-11-7-8-15(14-21)13-20-3;/h9-10,12,15,20H,5-8,11,13-14H2,1-4H3;1H. The van der Waals surface area contributed by atoms with Gasteiger partial charge in [-0.1, -0.05) is 13.8 Å². The highest BCUT2D eigenvalue weighted by Gasteiger charge is 2.28. The molecule has 1 aromatic rings. The molecule has 1 aromatic carbocycles. The van der Waals surface area contributed by atoms with E-state index in [9.17, 15) is 13.2 Å². The van der Waals surface area contributed by atoms with Crippen molar-refractivity contribution >= 4 is 28.3 Å². The molecule has 1 aliphatic heterocycles. The second-order valence-electron chi connectivity index (χ2n) is 6.77. The van der Waals surface area contributed by atoms with Crippen LogP contribution >= 0.6 is 12.4 Å². The second kappa shape index (κ2) is 11.0. The molecule has 0 radical (unpaired) electrons. The molecule has 7 nitrogen and oxygen atoms in total. The number of rotatable bonds is 8. The number of likely N-dealkylation sites (tertiary alicyclic amines) is 1. The zero-order chi connectivity index (χ0) is 20.0. The Bertz CT molecular complexity index is 752. The lowest BCUT2D eigenvalue weighted by atomic mass is 9.97. The van der Waals surface area contributed by atoms with Crippen molar-refractivity contribution in [2.45, 2.75) is 31.6 Å². The third kappa shape index (κ3) is 5.37. The smallest absolute Gasteiger partial charge is 0.257 e. The highest BCUT2D eigenvalue weighted by molar-refractivity contribution is 7.89. The summed E-state index contributed by atoms with van der Waals surface area (Å²) in [5.41, 5.74) is 0.302. The van der Waals surface area contributed by atoms with E-state index in [1.165, 1.54) is 23.5 Å². The molecule has 9 heteroatoms. The van der Waals surface area contributed by atoms with Crippen LogP contribution in [0.4, 0.5) is 0 Å². The Morgan fingerprint density at radius 3 is 2.57 bits per heavy atom. The van der Waals surface area contributed by atoms with Gasteiger partial charge in [0.25, 0.3) is 5.91 Å². The minimum Gasteiger partial charge on any atom is -0.496 e. The number of nitrogens with zero attached hydrogens (tertiary/aromatic N) is 2. The number of benzene rings is 1. The van der Waals surface area contributed by atoms with Gasteiger partial charge >= 0.3 is 0 Å². The first-order chi connectivity index (χ1) is 12.9. The number of hydrogen-bond donors (Lipinski definition) is 1. The molecule has 0 aromatic heterocycles. The number of amides is 1. The van der Waals surface area contributed by atoms with Crippen molar-refractivity contribution in [3.05, 3.63) is 23.8 Å². The van der Waals surface area contributed by atoms with Gasteiger partial charge in [-0.05, 0) is 50.6 Å². The van der Waals surface area contributed by atoms with Crippen LogP contribution in [0.5, 0.6) is 5.75 Å². The minimum absolute atomic E-state index is 0. The fourth-order valence-electron chi connectivity index (χ4n) is 3.60. The summed E-state index contributed by atoms with van der Waals surface area (Å²) < 4.78 is 32.4. The predicted octanol–water partition coefficient (Wildman–Crippen LogP) is 2.22. The molecule has 1 saturated heterocycles. The first-order valence-electron chi connectivity index (χ1n) is 9.51. The zero-order valence-corrected chi connectivity index (χ0v) is 18.7. The summed E-state index contributed by atoms with van der Waals surface area (Å²) in [4.78, 5) is 15.1. The molecule has 0 aliphatic carbocycles. The zero-order valence-electron chi connectivity index (χ0n) is 17.1. The minimum atomic E-state index is -3.64. The lowest BCUT2D eigenvalue weighted by Crippen LogP contribution is -2.42. The SMILES string of the molecule is CCN(CC)S(=O)(=O)c1ccc(OC)c(C(=O)N2CCCC(CNC)C2)c1.Cl. The lowest BCUT2D eigenvalue weighted by Gasteiger charge is -2.33. The van der Waals surface area contributed by atoms with Gasteiger partial charge in [-0.15, -0.1) is 12.4 Å². The quantitative estimate of drug-likeness (QED) is 0.680. The number of carbonyl (C=O) groups is 1. The second-order valence-corrected chi connectivity index (χ2v) is 8.71. The number of hydrogen-bond acceptors (Lipinski definition) is 5. The van der Waals surface area contributed by atoms with Crippen LogP contribution in [-0.2, 0) is 10.0 Å². The number of nitrogens with one attached hydrogen (secondary N) is 1. The Hall–Kier alpha value is -1.35. The first-order valence-corrected chi connectivity index (χ1v) is 10.9. The van der Waals surface area contributed by atoms with Gasteiger partial charge in [-0.2, -0.15) is 4.31 Å². The summed E-state index contributed by atoms with van der Waals surface area (Å²) >= 11 is 0. The molecule has 1 aliphatic rings. The van der Waals surface area contributed by atoms with Gasteiger partial charge in [0.15, 0.2) is 0 Å². The Labute approximate surface area is 174 Å². The van der Waals surface area contributed by atoms with Gasteiger partial charge in [0.05, 0.1) is 17.6 Å². The van der Waals surface area contributed by atoms with Gasteiger partial charge in [0.1, 0.15) is 5.75 Å². The Kier molecular flexibility index (Phi) is 9.69. The van der Waals surface area contributed by atoms with E-state index in [0.717, 1.165) is 19.4 Å². The van der Waals surface area contributed by atoms with Crippen LogP contribution in [0.25, 0.3) is 0 Å². The van der Waals surface area contributed by atoms with Crippen LogP contribution in [-0.4, -0.2) is 70.4 Å². The van der Waals surface area contributed by atoms with Crippen LogP contribution in [0, 0.1) is 5.92 Å². The van der Waals surface area contributed by atoms with Crippen molar-refractivity contribution < 1.29 is 17.9 Å². The Morgan fingerprint density at radius 2 is 2.00 bits per heavy atom. The van der Waals surface area contributed by atoms with E-state index in [0.29, 0.717) is 43.4 Å². The largest absolute Gasteiger partial charge is 0.496 e. The Morgan fingerprint density at radius 1 is 1.32 bits per heavy atom. The van der Waals surface area contributed by atoms with Crippen LogP contribution in [0.1, 0.15) is 37.0 Å². The molecule has 0 bridgehead atoms. The van der Waals surface area contributed by atoms with Crippen LogP contribution < -0.4 is 10.1 Å². The number of carbonyl (C=O) groups excluding carboxylic acids is 1. The van der Waals surface area contributed by atoms with E-state index in [1.54, 1.807) is 24.8 Å². The highest BCUT2D eigenvalue weighted by Crippen LogP contribution is 2.27. The molecule has 1 unspecified atom stereocenters. The average Bonchev–Trinajstić information content (AvgIpc) is 2.68. The van der Waals surface area contributed by atoms with E-state index < -0.39 is 10.0 Å². The van der Waals surface area contributed by atoms with Gasteiger partial charge in [-0.3, -0.25) is 4.79 Å². The van der Waals surface area contributed by atoms with Crippen molar-refractivity contribution in [2.24, 2.45) is 5.92 Å². The maximum Gasteiger partial charge on any atom is 0.257 e. The van der Waals surface area contributed by atoms with Gasteiger partial charge in [0.2, 0.25) is 10.0 Å². The molecule has 0 spiro atoms. The summed E-state index contributed by atoms with van der Waals surface area (Å²) in [6.45, 7) is 6.55. The maximum atomic E-state index is 13.1.